The largest absolute Gasteiger partial charge is 0.298 e. The summed E-state index contributed by atoms with van der Waals surface area (Å²) in [6, 6.07) is 19.5. The minimum absolute atomic E-state index is 0.518. The van der Waals surface area contributed by atoms with Crippen molar-refractivity contribution in [2.45, 2.75) is 38.6 Å². The lowest BCUT2D eigenvalue weighted by atomic mass is 9.92. The molecule has 3 nitrogen and oxygen atoms in total. The zero-order valence-corrected chi connectivity index (χ0v) is 16.0. The second kappa shape index (κ2) is 8.45. The molecule has 1 fully saturated rings. The molecule has 3 heteroatoms. The van der Waals surface area contributed by atoms with Crippen molar-refractivity contribution in [2.75, 3.05) is 13.1 Å². The summed E-state index contributed by atoms with van der Waals surface area (Å²) in [5.41, 5.74) is 6.41. The van der Waals surface area contributed by atoms with E-state index in [4.69, 9.17) is 4.98 Å². The van der Waals surface area contributed by atoms with E-state index in [-0.39, 0.29) is 0 Å². The molecule has 0 amide bonds. The second-order valence-corrected chi connectivity index (χ2v) is 7.64. The van der Waals surface area contributed by atoms with Gasteiger partial charge in [0.2, 0.25) is 0 Å². The van der Waals surface area contributed by atoms with E-state index in [0.29, 0.717) is 5.92 Å². The standard InChI is InChI=1S/C24H27N3/c1-19-13-22(14-20-7-3-2-4-8-20)15-24(26-19)23-10-6-12-27(18-23)17-21-9-5-11-25-16-21/h2-5,7-9,11,13,15-16,23H,6,10,12,14,17-18H2,1H3/t23-/m0/s1. The third-order valence-electron chi connectivity index (χ3n) is 5.34. The van der Waals surface area contributed by atoms with Gasteiger partial charge >= 0.3 is 0 Å². The molecule has 1 aromatic carbocycles. The van der Waals surface area contributed by atoms with Crippen LogP contribution in [-0.4, -0.2) is 28.0 Å². The van der Waals surface area contributed by atoms with Crippen LogP contribution in [0.3, 0.4) is 0 Å². The average molecular weight is 358 g/mol. The third kappa shape index (κ3) is 4.81. The number of pyridine rings is 2. The Balaban J connectivity index is 1.48. The van der Waals surface area contributed by atoms with Crippen LogP contribution in [0, 0.1) is 6.92 Å². The summed E-state index contributed by atoms with van der Waals surface area (Å²) in [5.74, 6) is 0.518. The summed E-state index contributed by atoms with van der Waals surface area (Å²) < 4.78 is 0. The molecule has 0 aliphatic carbocycles. The van der Waals surface area contributed by atoms with Crippen LogP contribution in [0.25, 0.3) is 0 Å². The SMILES string of the molecule is Cc1cc(Cc2ccccc2)cc([C@H]2CCCN(Cc3cccnc3)C2)n1. The van der Waals surface area contributed by atoms with Gasteiger partial charge in [0, 0.05) is 42.8 Å². The van der Waals surface area contributed by atoms with Gasteiger partial charge in [-0.25, -0.2) is 0 Å². The molecule has 3 heterocycles. The number of rotatable bonds is 5. The lowest BCUT2D eigenvalue weighted by molar-refractivity contribution is 0.198. The van der Waals surface area contributed by atoms with Crippen LogP contribution in [0.4, 0.5) is 0 Å². The first-order valence-corrected chi connectivity index (χ1v) is 9.89. The van der Waals surface area contributed by atoms with Crippen LogP contribution < -0.4 is 0 Å². The molecule has 27 heavy (non-hydrogen) atoms. The zero-order valence-electron chi connectivity index (χ0n) is 16.0. The Bertz CT molecular complexity index is 861. The fourth-order valence-electron chi connectivity index (χ4n) is 4.10. The van der Waals surface area contributed by atoms with Gasteiger partial charge in [-0.3, -0.25) is 14.9 Å². The van der Waals surface area contributed by atoms with Gasteiger partial charge in [-0.05, 0) is 67.6 Å². The highest BCUT2D eigenvalue weighted by atomic mass is 15.1. The van der Waals surface area contributed by atoms with E-state index in [1.807, 2.05) is 18.5 Å². The number of aromatic nitrogens is 2. The van der Waals surface area contributed by atoms with Crippen molar-refractivity contribution in [3.63, 3.8) is 0 Å². The van der Waals surface area contributed by atoms with E-state index < -0.39 is 0 Å². The molecule has 138 valence electrons. The monoisotopic (exact) mass is 357 g/mol. The summed E-state index contributed by atoms with van der Waals surface area (Å²) >= 11 is 0. The van der Waals surface area contributed by atoms with Crippen LogP contribution in [-0.2, 0) is 13.0 Å². The van der Waals surface area contributed by atoms with Crippen molar-refractivity contribution in [1.82, 2.24) is 14.9 Å². The van der Waals surface area contributed by atoms with E-state index in [0.717, 1.165) is 31.7 Å². The fraction of sp³-hybridized carbons (Fsp3) is 0.333. The molecule has 2 aromatic heterocycles. The molecule has 3 aromatic rings. The average Bonchev–Trinajstić information content (AvgIpc) is 2.69. The lowest BCUT2D eigenvalue weighted by Gasteiger charge is -2.32. The van der Waals surface area contributed by atoms with Crippen LogP contribution in [0.5, 0.6) is 0 Å². The number of piperidine rings is 1. The highest BCUT2D eigenvalue weighted by Gasteiger charge is 2.23. The number of nitrogens with zero attached hydrogens (tertiary/aromatic N) is 3. The molecule has 0 unspecified atom stereocenters. The summed E-state index contributed by atoms with van der Waals surface area (Å²) in [7, 11) is 0. The van der Waals surface area contributed by atoms with E-state index in [2.05, 4.69) is 65.3 Å². The van der Waals surface area contributed by atoms with Gasteiger partial charge < -0.3 is 0 Å². The summed E-state index contributed by atoms with van der Waals surface area (Å²) in [6.45, 7) is 5.34. The van der Waals surface area contributed by atoms with Crippen molar-refractivity contribution in [3.05, 3.63) is 95.1 Å². The smallest absolute Gasteiger partial charge is 0.0453 e. The maximum atomic E-state index is 4.90. The predicted octanol–water partition coefficient (Wildman–Crippen LogP) is 4.76. The molecule has 4 rings (SSSR count). The van der Waals surface area contributed by atoms with Crippen LogP contribution in [0.1, 0.15) is 46.8 Å². The Morgan fingerprint density at radius 2 is 1.85 bits per heavy atom. The van der Waals surface area contributed by atoms with E-state index in [1.165, 1.54) is 35.2 Å². The predicted molar refractivity (Wildman–Crippen MR) is 110 cm³/mol. The maximum Gasteiger partial charge on any atom is 0.0453 e. The van der Waals surface area contributed by atoms with Crippen molar-refractivity contribution in [2.24, 2.45) is 0 Å². The Hall–Kier alpha value is -2.52. The fourth-order valence-corrected chi connectivity index (χ4v) is 4.10. The molecule has 0 N–H and O–H groups in total. The Kier molecular flexibility index (Phi) is 5.59. The molecule has 0 spiro atoms. The highest BCUT2D eigenvalue weighted by molar-refractivity contribution is 5.30. The number of hydrogen-bond acceptors (Lipinski definition) is 3. The molecule has 0 saturated carbocycles. The van der Waals surface area contributed by atoms with Gasteiger partial charge in [-0.2, -0.15) is 0 Å². The zero-order chi connectivity index (χ0) is 18.5. The first-order chi connectivity index (χ1) is 13.3. The van der Waals surface area contributed by atoms with Crippen molar-refractivity contribution < 1.29 is 0 Å². The van der Waals surface area contributed by atoms with Crippen molar-refractivity contribution >= 4 is 0 Å². The van der Waals surface area contributed by atoms with Gasteiger partial charge in [-0.1, -0.05) is 36.4 Å². The Morgan fingerprint density at radius 3 is 2.67 bits per heavy atom. The van der Waals surface area contributed by atoms with Crippen LogP contribution in [0.15, 0.2) is 67.0 Å². The highest BCUT2D eigenvalue weighted by Crippen LogP contribution is 2.28. The summed E-state index contributed by atoms with van der Waals surface area (Å²) in [6.07, 6.45) is 7.25. The number of likely N-dealkylation sites (tertiary alicyclic amines) is 1. The van der Waals surface area contributed by atoms with Gasteiger partial charge in [0.05, 0.1) is 0 Å². The van der Waals surface area contributed by atoms with Gasteiger partial charge in [0.25, 0.3) is 0 Å². The first kappa shape index (κ1) is 17.9. The summed E-state index contributed by atoms with van der Waals surface area (Å²) in [4.78, 5) is 11.7. The topological polar surface area (TPSA) is 29.0 Å². The van der Waals surface area contributed by atoms with Gasteiger partial charge in [0.1, 0.15) is 0 Å². The maximum absolute atomic E-state index is 4.90. The molecular weight excluding hydrogens is 330 g/mol. The molecule has 0 bridgehead atoms. The van der Waals surface area contributed by atoms with E-state index >= 15 is 0 Å². The molecule has 1 aliphatic heterocycles. The quantitative estimate of drug-likeness (QED) is 0.659. The molecule has 1 saturated heterocycles. The Labute approximate surface area is 162 Å². The van der Waals surface area contributed by atoms with Gasteiger partial charge in [-0.15, -0.1) is 0 Å². The molecular formula is C24H27N3. The lowest BCUT2D eigenvalue weighted by Crippen LogP contribution is -2.34. The second-order valence-electron chi connectivity index (χ2n) is 7.64. The third-order valence-corrected chi connectivity index (χ3v) is 5.34. The van der Waals surface area contributed by atoms with Crippen molar-refractivity contribution in [3.8, 4) is 0 Å². The number of hydrogen-bond donors (Lipinski definition) is 0. The number of benzene rings is 1. The molecule has 1 atom stereocenters. The van der Waals surface area contributed by atoms with Crippen molar-refractivity contribution in [1.29, 1.82) is 0 Å². The normalized spacial score (nSPS) is 17.7. The van der Waals surface area contributed by atoms with Crippen LogP contribution >= 0.6 is 0 Å². The Morgan fingerprint density at radius 1 is 1.00 bits per heavy atom. The van der Waals surface area contributed by atoms with Crippen LogP contribution in [0.2, 0.25) is 0 Å². The number of aryl methyl sites for hydroxylation is 1. The first-order valence-electron chi connectivity index (χ1n) is 9.89. The molecule has 0 radical (unpaired) electrons. The summed E-state index contributed by atoms with van der Waals surface area (Å²) in [5, 5.41) is 0. The van der Waals surface area contributed by atoms with Gasteiger partial charge in [0.15, 0.2) is 0 Å². The minimum atomic E-state index is 0.518. The van der Waals surface area contributed by atoms with E-state index in [1.54, 1.807) is 0 Å². The minimum Gasteiger partial charge on any atom is -0.298 e. The van der Waals surface area contributed by atoms with E-state index in [9.17, 15) is 0 Å². The molecule has 1 aliphatic rings.